The monoisotopic (exact) mass is 306 g/mol. The molecule has 1 atom stereocenters. The van der Waals surface area contributed by atoms with Crippen LogP contribution in [-0.2, 0) is 16.6 Å². The number of methoxy groups -OCH3 is 1. The van der Waals surface area contributed by atoms with Crippen molar-refractivity contribution in [3.8, 4) is 5.75 Å². The van der Waals surface area contributed by atoms with Crippen molar-refractivity contribution >= 4 is 10.0 Å². The number of hydrogen-bond acceptors (Lipinski definition) is 3. The van der Waals surface area contributed by atoms with Crippen LogP contribution in [0.2, 0.25) is 0 Å². The lowest BCUT2D eigenvalue weighted by molar-refractivity contribution is 0.281. The van der Waals surface area contributed by atoms with Crippen LogP contribution in [-0.4, -0.2) is 30.9 Å². The van der Waals surface area contributed by atoms with E-state index in [4.69, 9.17) is 4.74 Å². The highest BCUT2D eigenvalue weighted by molar-refractivity contribution is 7.89. The Morgan fingerprint density at radius 2 is 1.90 bits per heavy atom. The van der Waals surface area contributed by atoms with Gasteiger partial charge in [0.1, 0.15) is 10.6 Å². The molecule has 6 heteroatoms. The van der Waals surface area contributed by atoms with Gasteiger partial charge < -0.3 is 9.30 Å². The Labute approximate surface area is 124 Å². The number of para-hydroxylation sites is 1. The van der Waals surface area contributed by atoms with Gasteiger partial charge in [-0.25, -0.2) is 8.42 Å². The Balaban J connectivity index is 2.04. The van der Waals surface area contributed by atoms with E-state index in [2.05, 4.69) is 4.57 Å². The zero-order valence-corrected chi connectivity index (χ0v) is 12.9. The number of fused-ring (bicyclic) bond motifs is 1. The van der Waals surface area contributed by atoms with Crippen LogP contribution in [0.4, 0.5) is 0 Å². The van der Waals surface area contributed by atoms with E-state index in [-0.39, 0.29) is 10.9 Å². The highest BCUT2D eigenvalue weighted by atomic mass is 32.2. The van der Waals surface area contributed by atoms with Gasteiger partial charge in [-0.1, -0.05) is 12.1 Å². The van der Waals surface area contributed by atoms with Gasteiger partial charge in [0.25, 0.3) is 0 Å². The number of sulfonamides is 1. The summed E-state index contributed by atoms with van der Waals surface area (Å²) in [5, 5.41) is 0. The van der Waals surface area contributed by atoms with E-state index < -0.39 is 10.0 Å². The molecule has 2 heterocycles. The molecule has 1 aromatic carbocycles. The first-order valence-electron chi connectivity index (χ1n) is 6.85. The van der Waals surface area contributed by atoms with Crippen LogP contribution < -0.4 is 4.74 Å². The number of aromatic nitrogens is 1. The Kier molecular flexibility index (Phi) is 3.51. The lowest BCUT2D eigenvalue weighted by Gasteiger charge is -2.34. The van der Waals surface area contributed by atoms with Gasteiger partial charge in [-0.05, 0) is 31.2 Å². The molecule has 1 aliphatic heterocycles. The van der Waals surface area contributed by atoms with Crippen LogP contribution in [0.5, 0.6) is 5.75 Å². The normalized spacial score (nSPS) is 19.2. The standard InChI is InChI=1S/C15H18N2O3S/c1-12-13-6-5-9-16(13)10-11-17(12)21(18,19)15-8-4-3-7-14(15)20-2/h3-9,12H,10-11H2,1-2H3/t12-/m1/s1. The molecule has 0 radical (unpaired) electrons. The molecule has 5 nitrogen and oxygen atoms in total. The summed E-state index contributed by atoms with van der Waals surface area (Å²) in [5.41, 5.74) is 1.01. The third-order valence-corrected chi connectivity index (χ3v) is 5.95. The molecule has 21 heavy (non-hydrogen) atoms. The average molecular weight is 306 g/mol. The van der Waals surface area contributed by atoms with Gasteiger partial charge >= 0.3 is 0 Å². The molecule has 0 fully saturated rings. The Hall–Kier alpha value is -1.79. The van der Waals surface area contributed by atoms with Crippen LogP contribution in [0.1, 0.15) is 18.7 Å². The minimum Gasteiger partial charge on any atom is -0.495 e. The highest BCUT2D eigenvalue weighted by Gasteiger charge is 2.35. The number of ether oxygens (including phenoxy) is 1. The molecule has 3 rings (SSSR count). The molecule has 0 saturated heterocycles. The van der Waals surface area contributed by atoms with Gasteiger partial charge in [0.2, 0.25) is 10.0 Å². The van der Waals surface area contributed by atoms with Gasteiger partial charge in [0, 0.05) is 25.0 Å². The van der Waals surface area contributed by atoms with E-state index in [1.54, 1.807) is 28.6 Å². The minimum atomic E-state index is -3.58. The van der Waals surface area contributed by atoms with Crippen molar-refractivity contribution in [2.24, 2.45) is 0 Å². The van der Waals surface area contributed by atoms with E-state index in [0.717, 1.165) is 5.69 Å². The first kappa shape index (κ1) is 14.2. The predicted octanol–water partition coefficient (Wildman–Crippen LogP) is 2.26. The van der Waals surface area contributed by atoms with E-state index in [9.17, 15) is 8.42 Å². The van der Waals surface area contributed by atoms with E-state index in [0.29, 0.717) is 18.8 Å². The second-order valence-corrected chi connectivity index (χ2v) is 6.93. The van der Waals surface area contributed by atoms with Crippen LogP contribution in [0.25, 0.3) is 0 Å². The predicted molar refractivity (Wildman–Crippen MR) is 79.7 cm³/mol. The van der Waals surface area contributed by atoms with Crippen LogP contribution in [0.15, 0.2) is 47.5 Å². The number of rotatable bonds is 3. The zero-order chi connectivity index (χ0) is 15.0. The largest absolute Gasteiger partial charge is 0.495 e. The second-order valence-electron chi connectivity index (χ2n) is 5.07. The second kappa shape index (κ2) is 5.20. The Bertz CT molecular complexity index is 752. The first-order valence-corrected chi connectivity index (χ1v) is 8.29. The Morgan fingerprint density at radius 1 is 1.14 bits per heavy atom. The van der Waals surface area contributed by atoms with Crippen molar-refractivity contribution in [3.05, 3.63) is 48.3 Å². The molecule has 1 aliphatic rings. The summed E-state index contributed by atoms with van der Waals surface area (Å²) < 4.78 is 34.7. The SMILES string of the molecule is COc1ccccc1S(=O)(=O)N1CCn2cccc2[C@H]1C. The van der Waals surface area contributed by atoms with Crippen molar-refractivity contribution < 1.29 is 13.2 Å². The molecule has 112 valence electrons. The van der Waals surface area contributed by atoms with Gasteiger partial charge in [-0.15, -0.1) is 0 Å². The van der Waals surface area contributed by atoms with Gasteiger partial charge in [-0.2, -0.15) is 4.31 Å². The van der Waals surface area contributed by atoms with E-state index >= 15 is 0 Å². The lowest BCUT2D eigenvalue weighted by atomic mass is 10.2. The summed E-state index contributed by atoms with van der Waals surface area (Å²) in [6.07, 6.45) is 1.99. The summed E-state index contributed by atoms with van der Waals surface area (Å²) in [7, 11) is -2.09. The summed E-state index contributed by atoms with van der Waals surface area (Å²) in [6.45, 7) is 3.04. The zero-order valence-electron chi connectivity index (χ0n) is 12.1. The number of benzene rings is 1. The van der Waals surface area contributed by atoms with Crippen molar-refractivity contribution in [2.75, 3.05) is 13.7 Å². The van der Waals surface area contributed by atoms with Gasteiger partial charge in [0.05, 0.1) is 13.2 Å². The summed E-state index contributed by atoms with van der Waals surface area (Å²) >= 11 is 0. The maximum Gasteiger partial charge on any atom is 0.247 e. The number of hydrogen-bond donors (Lipinski definition) is 0. The summed E-state index contributed by atoms with van der Waals surface area (Å²) in [6, 6.07) is 10.5. The maximum absolute atomic E-state index is 12.9. The van der Waals surface area contributed by atoms with Crippen molar-refractivity contribution in [2.45, 2.75) is 24.4 Å². The fourth-order valence-corrected chi connectivity index (χ4v) is 4.60. The maximum atomic E-state index is 12.9. The van der Waals surface area contributed by atoms with E-state index in [1.807, 2.05) is 25.3 Å². The molecule has 2 aromatic rings. The molecule has 0 aliphatic carbocycles. The molecule has 1 aromatic heterocycles. The van der Waals surface area contributed by atoms with Crippen LogP contribution in [0.3, 0.4) is 0 Å². The molecule has 0 bridgehead atoms. The minimum absolute atomic E-state index is 0.191. The fourth-order valence-electron chi connectivity index (χ4n) is 2.84. The van der Waals surface area contributed by atoms with Crippen molar-refractivity contribution in [3.63, 3.8) is 0 Å². The van der Waals surface area contributed by atoms with Gasteiger partial charge in [-0.3, -0.25) is 0 Å². The molecule has 0 spiro atoms. The molecule has 0 amide bonds. The number of nitrogens with zero attached hydrogens (tertiary/aromatic N) is 2. The quantitative estimate of drug-likeness (QED) is 0.874. The highest BCUT2D eigenvalue weighted by Crippen LogP contribution is 2.34. The molecule has 0 N–H and O–H groups in total. The topological polar surface area (TPSA) is 51.5 Å². The fraction of sp³-hybridized carbons (Fsp3) is 0.333. The third-order valence-electron chi connectivity index (χ3n) is 3.94. The summed E-state index contributed by atoms with van der Waals surface area (Å²) in [4.78, 5) is 0.222. The van der Waals surface area contributed by atoms with Crippen molar-refractivity contribution in [1.82, 2.24) is 8.87 Å². The Morgan fingerprint density at radius 3 is 2.67 bits per heavy atom. The molecular formula is C15H18N2O3S. The van der Waals surface area contributed by atoms with E-state index in [1.165, 1.54) is 7.11 Å². The lowest BCUT2D eigenvalue weighted by Crippen LogP contribution is -2.40. The molecular weight excluding hydrogens is 288 g/mol. The smallest absolute Gasteiger partial charge is 0.247 e. The first-order chi connectivity index (χ1) is 10.1. The third kappa shape index (κ3) is 2.24. The molecule has 0 saturated carbocycles. The van der Waals surface area contributed by atoms with Gasteiger partial charge in [0.15, 0.2) is 0 Å². The van der Waals surface area contributed by atoms with Crippen LogP contribution >= 0.6 is 0 Å². The summed E-state index contributed by atoms with van der Waals surface area (Å²) in [5.74, 6) is 0.380. The van der Waals surface area contributed by atoms with Crippen molar-refractivity contribution in [1.29, 1.82) is 0 Å². The average Bonchev–Trinajstić information content (AvgIpc) is 2.96. The molecule has 0 unspecified atom stereocenters. The van der Waals surface area contributed by atoms with Crippen LogP contribution in [0, 0.1) is 0 Å².